The summed E-state index contributed by atoms with van der Waals surface area (Å²) in [6.45, 7) is 4.09. The third-order valence-corrected chi connectivity index (χ3v) is 3.14. The second kappa shape index (κ2) is 4.91. The van der Waals surface area contributed by atoms with E-state index in [1.165, 1.54) is 0 Å². The van der Waals surface area contributed by atoms with Gasteiger partial charge in [-0.3, -0.25) is 9.59 Å². The number of aldehydes is 1. The molecule has 1 aromatic rings. The van der Waals surface area contributed by atoms with E-state index in [0.717, 1.165) is 5.56 Å². The molecule has 0 aliphatic carbocycles. The fourth-order valence-corrected chi connectivity index (χ4v) is 2.00. The Morgan fingerprint density at radius 2 is 1.95 bits per heavy atom. The number of benzene rings is 1. The second-order valence-electron chi connectivity index (χ2n) is 5.15. The Hall–Kier alpha value is -2.04. The monoisotopic (exact) mass is 264 g/mol. The van der Waals surface area contributed by atoms with Crippen LogP contribution in [-0.2, 0) is 11.2 Å². The van der Waals surface area contributed by atoms with Crippen LogP contribution in [0.1, 0.15) is 29.8 Å². The topological polar surface area (TPSA) is 72.8 Å². The first kappa shape index (κ1) is 13.4. The van der Waals surface area contributed by atoms with E-state index in [4.69, 9.17) is 9.47 Å². The first-order valence-corrected chi connectivity index (χ1v) is 6.06. The molecule has 0 saturated carbocycles. The van der Waals surface area contributed by atoms with Crippen LogP contribution in [0.25, 0.3) is 0 Å². The van der Waals surface area contributed by atoms with E-state index >= 15 is 0 Å². The molecule has 102 valence electrons. The minimum absolute atomic E-state index is 0.313. The molecule has 2 rings (SSSR count). The molecule has 0 aromatic heterocycles. The minimum atomic E-state index is -0.905. The zero-order chi connectivity index (χ0) is 14.0. The fourth-order valence-electron chi connectivity index (χ4n) is 2.00. The molecule has 5 heteroatoms. The van der Waals surface area contributed by atoms with Gasteiger partial charge in [-0.05, 0) is 31.9 Å². The Labute approximate surface area is 111 Å². The van der Waals surface area contributed by atoms with Crippen LogP contribution in [0.15, 0.2) is 12.1 Å². The highest BCUT2D eigenvalue weighted by molar-refractivity contribution is 5.82. The van der Waals surface area contributed by atoms with Crippen molar-refractivity contribution >= 4 is 12.3 Å². The molecule has 1 aliphatic rings. The van der Waals surface area contributed by atoms with Gasteiger partial charge in [0, 0.05) is 0 Å². The van der Waals surface area contributed by atoms with Crippen molar-refractivity contribution in [2.45, 2.75) is 20.3 Å². The van der Waals surface area contributed by atoms with Crippen LogP contribution in [0, 0.1) is 5.41 Å². The molecule has 0 radical (unpaired) electrons. The summed E-state index contributed by atoms with van der Waals surface area (Å²) in [6, 6.07) is 3.36. The van der Waals surface area contributed by atoms with Crippen LogP contribution in [0.4, 0.5) is 0 Å². The molecular formula is C14H16O5. The maximum absolute atomic E-state index is 11.2. The van der Waals surface area contributed by atoms with Crippen molar-refractivity contribution in [2.75, 3.05) is 13.2 Å². The number of aliphatic carboxylic acids is 1. The van der Waals surface area contributed by atoms with E-state index in [-0.39, 0.29) is 0 Å². The molecule has 1 aliphatic heterocycles. The standard InChI is InChI=1S/C14H16O5/c1-14(2,13(16)17)7-9-3-4-10(8-15)12-11(9)18-5-6-19-12/h3-4,8H,5-7H2,1-2H3,(H,16,17). The van der Waals surface area contributed by atoms with Crippen molar-refractivity contribution in [1.82, 2.24) is 0 Å². The van der Waals surface area contributed by atoms with Gasteiger partial charge in [0.2, 0.25) is 0 Å². The van der Waals surface area contributed by atoms with Crippen molar-refractivity contribution in [1.29, 1.82) is 0 Å². The third-order valence-electron chi connectivity index (χ3n) is 3.14. The first-order valence-electron chi connectivity index (χ1n) is 6.06. The third kappa shape index (κ3) is 2.54. The average molecular weight is 264 g/mol. The van der Waals surface area contributed by atoms with Crippen LogP contribution >= 0.6 is 0 Å². The predicted molar refractivity (Wildman–Crippen MR) is 67.9 cm³/mol. The molecular weight excluding hydrogens is 248 g/mol. The number of carboxylic acid groups (broad SMARTS) is 1. The van der Waals surface area contributed by atoms with Gasteiger partial charge in [0.1, 0.15) is 13.2 Å². The SMILES string of the molecule is CC(C)(Cc1ccc(C=O)c2c1OCCO2)C(=O)O. The van der Waals surface area contributed by atoms with Gasteiger partial charge in [0.15, 0.2) is 17.8 Å². The normalized spacial score (nSPS) is 14.0. The van der Waals surface area contributed by atoms with Gasteiger partial charge in [0.25, 0.3) is 0 Å². The molecule has 0 amide bonds. The summed E-state index contributed by atoms with van der Waals surface area (Å²) in [5.41, 5.74) is 0.261. The Morgan fingerprint density at radius 1 is 1.32 bits per heavy atom. The van der Waals surface area contributed by atoms with Gasteiger partial charge >= 0.3 is 5.97 Å². The summed E-state index contributed by atoms with van der Waals surface area (Å²) < 4.78 is 11.0. The van der Waals surface area contributed by atoms with Gasteiger partial charge < -0.3 is 14.6 Å². The molecule has 0 spiro atoms. The lowest BCUT2D eigenvalue weighted by Gasteiger charge is -2.25. The van der Waals surface area contributed by atoms with Crippen LogP contribution in [-0.4, -0.2) is 30.6 Å². The summed E-state index contributed by atoms with van der Waals surface area (Å²) in [6.07, 6.45) is 1.02. The number of hydrogen-bond acceptors (Lipinski definition) is 4. The van der Waals surface area contributed by atoms with Gasteiger partial charge in [-0.15, -0.1) is 0 Å². The zero-order valence-electron chi connectivity index (χ0n) is 10.9. The smallest absolute Gasteiger partial charge is 0.309 e. The number of fused-ring (bicyclic) bond motifs is 1. The molecule has 0 fully saturated rings. The predicted octanol–water partition coefficient (Wildman–Crippen LogP) is 1.92. The number of carbonyl (C=O) groups is 2. The second-order valence-corrected chi connectivity index (χ2v) is 5.15. The van der Waals surface area contributed by atoms with E-state index in [2.05, 4.69) is 0 Å². The molecule has 0 unspecified atom stereocenters. The number of carbonyl (C=O) groups excluding carboxylic acids is 1. The Kier molecular flexibility index (Phi) is 3.46. The summed E-state index contributed by atoms with van der Waals surface area (Å²) >= 11 is 0. The maximum Gasteiger partial charge on any atom is 0.309 e. The Morgan fingerprint density at radius 3 is 2.53 bits per heavy atom. The van der Waals surface area contributed by atoms with Crippen molar-refractivity contribution in [3.05, 3.63) is 23.3 Å². The van der Waals surface area contributed by atoms with Crippen molar-refractivity contribution in [2.24, 2.45) is 5.41 Å². The van der Waals surface area contributed by atoms with Gasteiger partial charge in [-0.1, -0.05) is 6.07 Å². The number of rotatable bonds is 4. The largest absolute Gasteiger partial charge is 0.486 e. The highest BCUT2D eigenvalue weighted by atomic mass is 16.6. The number of hydrogen-bond donors (Lipinski definition) is 1. The minimum Gasteiger partial charge on any atom is -0.486 e. The lowest BCUT2D eigenvalue weighted by Crippen LogP contribution is -2.27. The molecule has 0 saturated heterocycles. The highest BCUT2D eigenvalue weighted by Gasteiger charge is 2.30. The Bertz CT molecular complexity index is 519. The van der Waals surface area contributed by atoms with Crippen LogP contribution < -0.4 is 9.47 Å². The molecule has 5 nitrogen and oxygen atoms in total. The zero-order valence-corrected chi connectivity index (χ0v) is 10.9. The molecule has 1 heterocycles. The average Bonchev–Trinajstić information content (AvgIpc) is 2.38. The molecule has 1 N–H and O–H groups in total. The van der Waals surface area contributed by atoms with Crippen molar-refractivity contribution in [3.8, 4) is 11.5 Å². The summed E-state index contributed by atoms with van der Waals surface area (Å²) in [7, 11) is 0. The Balaban J connectivity index is 2.42. The summed E-state index contributed by atoms with van der Waals surface area (Å²) in [5, 5.41) is 9.18. The molecule has 1 aromatic carbocycles. The molecule has 0 bridgehead atoms. The quantitative estimate of drug-likeness (QED) is 0.841. The van der Waals surface area contributed by atoms with E-state index < -0.39 is 11.4 Å². The summed E-state index contributed by atoms with van der Waals surface area (Å²) in [5.74, 6) is 0.0301. The van der Waals surface area contributed by atoms with Crippen molar-refractivity contribution < 1.29 is 24.2 Å². The summed E-state index contributed by atoms with van der Waals surface area (Å²) in [4.78, 5) is 22.1. The lowest BCUT2D eigenvalue weighted by atomic mass is 9.85. The van der Waals surface area contributed by atoms with Crippen LogP contribution in [0.3, 0.4) is 0 Å². The van der Waals surface area contributed by atoms with Gasteiger partial charge in [-0.2, -0.15) is 0 Å². The highest BCUT2D eigenvalue weighted by Crippen LogP contribution is 2.39. The maximum atomic E-state index is 11.2. The lowest BCUT2D eigenvalue weighted by molar-refractivity contribution is -0.146. The molecule has 0 atom stereocenters. The first-order chi connectivity index (χ1) is 8.95. The van der Waals surface area contributed by atoms with Crippen LogP contribution in [0.5, 0.6) is 11.5 Å². The van der Waals surface area contributed by atoms with Gasteiger partial charge in [0.05, 0.1) is 11.0 Å². The van der Waals surface area contributed by atoms with Gasteiger partial charge in [-0.25, -0.2) is 0 Å². The number of ether oxygens (including phenoxy) is 2. The van der Waals surface area contributed by atoms with E-state index in [1.807, 2.05) is 0 Å². The van der Waals surface area contributed by atoms with Crippen molar-refractivity contribution in [3.63, 3.8) is 0 Å². The van der Waals surface area contributed by atoms with E-state index in [9.17, 15) is 14.7 Å². The van der Waals surface area contributed by atoms with Crippen LogP contribution in [0.2, 0.25) is 0 Å². The molecule has 19 heavy (non-hydrogen) atoms. The number of carboxylic acids is 1. The van der Waals surface area contributed by atoms with E-state index in [1.54, 1.807) is 26.0 Å². The fraction of sp³-hybridized carbons (Fsp3) is 0.429. The van der Waals surface area contributed by atoms with E-state index in [0.29, 0.717) is 43.0 Å².